The van der Waals surface area contributed by atoms with Crippen molar-refractivity contribution in [3.8, 4) is 0 Å². The number of anilines is 1. The van der Waals surface area contributed by atoms with Gasteiger partial charge in [0.2, 0.25) is 11.1 Å². The Morgan fingerprint density at radius 1 is 1.26 bits per heavy atom. The molecule has 1 aliphatic rings. The van der Waals surface area contributed by atoms with E-state index in [9.17, 15) is 4.79 Å². The molecular weight excluding hydrogens is 368 g/mol. The molecule has 1 amide bonds. The van der Waals surface area contributed by atoms with Crippen LogP contribution >= 0.6 is 11.8 Å². The van der Waals surface area contributed by atoms with Gasteiger partial charge in [-0.2, -0.15) is 14.6 Å². The first-order valence-corrected chi connectivity index (χ1v) is 9.65. The summed E-state index contributed by atoms with van der Waals surface area (Å²) in [6, 6.07) is 2.00. The summed E-state index contributed by atoms with van der Waals surface area (Å²) in [6.45, 7) is 4.83. The van der Waals surface area contributed by atoms with Crippen molar-refractivity contribution < 1.29 is 4.79 Å². The lowest BCUT2D eigenvalue weighted by molar-refractivity contribution is -0.131. The van der Waals surface area contributed by atoms with Crippen molar-refractivity contribution in [2.24, 2.45) is 7.05 Å². The minimum Gasteiger partial charge on any atom is -0.353 e. The molecule has 0 N–H and O–H groups in total. The van der Waals surface area contributed by atoms with Gasteiger partial charge in [0.15, 0.2) is 0 Å². The molecule has 142 valence electrons. The highest BCUT2D eigenvalue weighted by atomic mass is 32.2. The Bertz CT molecular complexity index is 945. The summed E-state index contributed by atoms with van der Waals surface area (Å²) >= 11 is 1.49. The van der Waals surface area contributed by atoms with E-state index in [1.54, 1.807) is 16.2 Å². The maximum absolute atomic E-state index is 12.5. The first kappa shape index (κ1) is 17.6. The van der Waals surface area contributed by atoms with Gasteiger partial charge in [-0.1, -0.05) is 11.8 Å². The van der Waals surface area contributed by atoms with Crippen molar-refractivity contribution in [1.82, 2.24) is 44.7 Å². The lowest BCUT2D eigenvalue weighted by atomic mass is 10.2. The van der Waals surface area contributed by atoms with Crippen molar-refractivity contribution in [3.05, 3.63) is 18.1 Å². The highest BCUT2D eigenvalue weighted by Gasteiger charge is 2.23. The third-order valence-electron chi connectivity index (χ3n) is 4.45. The second kappa shape index (κ2) is 7.47. The molecule has 3 aromatic rings. The molecule has 4 heterocycles. The molecule has 0 aliphatic carbocycles. The molecule has 4 rings (SSSR count). The van der Waals surface area contributed by atoms with E-state index in [1.165, 1.54) is 18.1 Å². The fourth-order valence-electron chi connectivity index (χ4n) is 3.05. The van der Waals surface area contributed by atoms with Gasteiger partial charge in [-0.05, 0) is 17.4 Å². The third-order valence-corrected chi connectivity index (χ3v) is 5.46. The highest BCUT2D eigenvalue weighted by Crippen LogP contribution is 2.19. The zero-order valence-electron chi connectivity index (χ0n) is 15.2. The highest BCUT2D eigenvalue weighted by molar-refractivity contribution is 7.99. The molecule has 3 aromatic heterocycles. The average Bonchev–Trinajstić information content (AvgIpc) is 3.30. The van der Waals surface area contributed by atoms with Crippen LogP contribution in [0, 0.1) is 6.92 Å². The van der Waals surface area contributed by atoms with Crippen LogP contribution in [-0.4, -0.2) is 82.5 Å². The Labute approximate surface area is 159 Å². The van der Waals surface area contributed by atoms with E-state index < -0.39 is 0 Å². The first-order valence-electron chi connectivity index (χ1n) is 8.67. The van der Waals surface area contributed by atoms with E-state index in [-0.39, 0.29) is 5.91 Å². The zero-order chi connectivity index (χ0) is 18.8. The smallest absolute Gasteiger partial charge is 0.254 e. The minimum absolute atomic E-state index is 0.161. The van der Waals surface area contributed by atoms with Crippen LogP contribution in [-0.2, 0) is 11.8 Å². The number of aryl methyl sites for hydroxylation is 2. The molecule has 1 fully saturated rings. The van der Waals surface area contributed by atoms with Gasteiger partial charge >= 0.3 is 0 Å². The van der Waals surface area contributed by atoms with Crippen LogP contribution in [0.25, 0.3) is 5.78 Å². The normalized spacial score (nSPS) is 14.9. The van der Waals surface area contributed by atoms with Crippen molar-refractivity contribution >= 4 is 29.3 Å². The van der Waals surface area contributed by atoms with Crippen LogP contribution in [0.1, 0.15) is 12.1 Å². The maximum Gasteiger partial charge on any atom is 0.254 e. The van der Waals surface area contributed by atoms with Crippen molar-refractivity contribution in [2.45, 2.75) is 18.5 Å². The second-order valence-electron chi connectivity index (χ2n) is 6.28. The Kier molecular flexibility index (Phi) is 4.88. The van der Waals surface area contributed by atoms with Gasteiger partial charge in [-0.25, -0.2) is 9.67 Å². The number of hydrogen-bond donors (Lipinski definition) is 0. The topological polar surface area (TPSA) is 110 Å². The minimum atomic E-state index is 0.161. The largest absolute Gasteiger partial charge is 0.353 e. The van der Waals surface area contributed by atoms with E-state index in [0.717, 1.165) is 29.8 Å². The number of amides is 1. The van der Waals surface area contributed by atoms with Gasteiger partial charge in [-0.3, -0.25) is 4.79 Å². The Hall–Kier alpha value is -2.76. The Balaban J connectivity index is 1.32. The molecular formula is C15H20N10OS. The van der Waals surface area contributed by atoms with Crippen LogP contribution in [0.15, 0.2) is 17.6 Å². The molecule has 0 bridgehead atoms. The average molecular weight is 388 g/mol. The van der Waals surface area contributed by atoms with Gasteiger partial charge in [0.1, 0.15) is 12.1 Å². The number of fused-ring (bicyclic) bond motifs is 1. The fraction of sp³-hybridized carbons (Fsp3) is 0.533. The lowest BCUT2D eigenvalue weighted by Crippen LogP contribution is -2.49. The van der Waals surface area contributed by atoms with E-state index >= 15 is 0 Å². The Morgan fingerprint density at radius 2 is 2.07 bits per heavy atom. The van der Waals surface area contributed by atoms with Gasteiger partial charge < -0.3 is 9.80 Å². The van der Waals surface area contributed by atoms with E-state index in [2.05, 4.69) is 35.5 Å². The van der Waals surface area contributed by atoms with E-state index in [1.807, 2.05) is 17.9 Å². The van der Waals surface area contributed by atoms with Gasteiger partial charge in [0.05, 0.1) is 0 Å². The fourth-order valence-corrected chi connectivity index (χ4v) is 3.83. The molecule has 0 atom stereocenters. The maximum atomic E-state index is 12.5. The molecule has 11 nitrogen and oxygen atoms in total. The molecule has 0 spiro atoms. The second-order valence-corrected chi connectivity index (χ2v) is 7.34. The summed E-state index contributed by atoms with van der Waals surface area (Å²) in [6.07, 6.45) is 1.98. The number of aromatic nitrogens is 8. The van der Waals surface area contributed by atoms with Crippen LogP contribution in [0.5, 0.6) is 0 Å². The molecule has 0 radical (unpaired) electrons. The van der Waals surface area contributed by atoms with E-state index in [4.69, 9.17) is 0 Å². The molecule has 0 unspecified atom stereocenters. The van der Waals surface area contributed by atoms with Gasteiger partial charge in [0.25, 0.3) is 5.78 Å². The molecule has 1 saturated heterocycles. The summed E-state index contributed by atoms with van der Waals surface area (Å²) in [5.74, 6) is 2.39. The standard InChI is InChI=1S/C15H20N10OS/c1-11-9-12(25-14(18-11)16-10-17-25)23-4-6-24(7-5-23)13(26)3-8-27-15-19-20-21-22(15)2/h9-10H,3-8H2,1-2H3. The molecule has 0 saturated carbocycles. The predicted octanol–water partition coefficient (Wildman–Crippen LogP) is -0.213. The van der Waals surface area contributed by atoms with Crippen molar-refractivity contribution in [2.75, 3.05) is 36.8 Å². The van der Waals surface area contributed by atoms with Crippen LogP contribution in [0.2, 0.25) is 0 Å². The van der Waals surface area contributed by atoms with E-state index in [0.29, 0.717) is 31.0 Å². The number of rotatable bonds is 5. The number of thioether (sulfide) groups is 1. The third kappa shape index (κ3) is 3.70. The number of piperazine rings is 1. The SMILES string of the molecule is Cc1cc(N2CCN(C(=O)CCSc3nnnn3C)CC2)n2ncnc2n1. The van der Waals surface area contributed by atoms with Crippen LogP contribution in [0.4, 0.5) is 5.82 Å². The Morgan fingerprint density at radius 3 is 2.81 bits per heavy atom. The van der Waals surface area contributed by atoms with Crippen LogP contribution < -0.4 is 4.90 Å². The van der Waals surface area contributed by atoms with Crippen molar-refractivity contribution in [1.29, 1.82) is 0 Å². The summed E-state index contributed by atoms with van der Waals surface area (Å²) < 4.78 is 3.35. The van der Waals surface area contributed by atoms with Gasteiger partial charge in [0, 0.05) is 57.2 Å². The zero-order valence-corrected chi connectivity index (χ0v) is 16.0. The quantitative estimate of drug-likeness (QED) is 0.548. The summed E-state index contributed by atoms with van der Waals surface area (Å²) in [5.41, 5.74) is 0.902. The molecule has 0 aromatic carbocycles. The number of carbonyl (C=O) groups is 1. The van der Waals surface area contributed by atoms with Crippen molar-refractivity contribution in [3.63, 3.8) is 0 Å². The summed E-state index contributed by atoms with van der Waals surface area (Å²) in [7, 11) is 1.79. The summed E-state index contributed by atoms with van der Waals surface area (Å²) in [5, 5.41) is 16.3. The van der Waals surface area contributed by atoms with Crippen LogP contribution in [0.3, 0.4) is 0 Å². The lowest BCUT2D eigenvalue weighted by Gasteiger charge is -2.36. The number of hydrogen-bond acceptors (Lipinski definition) is 9. The monoisotopic (exact) mass is 388 g/mol. The van der Waals surface area contributed by atoms with Gasteiger partial charge in [-0.15, -0.1) is 5.10 Å². The predicted molar refractivity (Wildman–Crippen MR) is 98.5 cm³/mol. The molecule has 1 aliphatic heterocycles. The summed E-state index contributed by atoms with van der Waals surface area (Å²) in [4.78, 5) is 25.2. The number of nitrogens with zero attached hydrogens (tertiary/aromatic N) is 10. The molecule has 27 heavy (non-hydrogen) atoms. The first-order chi connectivity index (χ1) is 13.1. The molecule has 12 heteroatoms. The number of carbonyl (C=O) groups excluding carboxylic acids is 1. The number of tetrazole rings is 1.